The minimum absolute atomic E-state index is 0.616. The summed E-state index contributed by atoms with van der Waals surface area (Å²) in [4.78, 5) is 0.755. The zero-order valence-electron chi connectivity index (χ0n) is 7.27. The minimum atomic E-state index is -0.700. The van der Waals surface area contributed by atoms with Crippen LogP contribution in [-0.4, -0.2) is 14.7 Å². The third-order valence-electron chi connectivity index (χ3n) is 1.88. The van der Waals surface area contributed by atoms with Gasteiger partial charge in [0.25, 0.3) is 0 Å². The topological polar surface area (TPSA) is 46.0 Å². The highest BCUT2D eigenvalue weighted by molar-refractivity contribution is 7.14. The Kier molecular flexibility index (Phi) is 2.83. The van der Waals surface area contributed by atoms with E-state index in [0.717, 1.165) is 16.1 Å². The second-order valence-electron chi connectivity index (χ2n) is 2.77. The third-order valence-corrected chi connectivity index (χ3v) is 3.95. The molecular weight excluding hydrogens is 240 g/mol. The minimum Gasteiger partial charge on any atom is -0.383 e. The highest BCUT2D eigenvalue weighted by Gasteiger charge is 2.19. The number of aliphatic hydroxyl groups excluding tert-OH is 1. The van der Waals surface area contributed by atoms with Gasteiger partial charge in [-0.05, 0) is 29.9 Å². The van der Waals surface area contributed by atoms with Crippen LogP contribution in [0.2, 0.25) is 4.34 Å². The number of halogens is 1. The largest absolute Gasteiger partial charge is 0.383 e. The molecule has 0 aliphatic carbocycles. The van der Waals surface area contributed by atoms with Gasteiger partial charge >= 0.3 is 0 Å². The van der Waals surface area contributed by atoms with Gasteiger partial charge in [-0.1, -0.05) is 16.1 Å². The fraction of sp³-hybridized carbons (Fsp3) is 0.250. The van der Waals surface area contributed by atoms with E-state index in [1.54, 1.807) is 0 Å². The van der Waals surface area contributed by atoms with E-state index >= 15 is 0 Å². The van der Waals surface area contributed by atoms with Crippen molar-refractivity contribution < 1.29 is 5.11 Å². The Morgan fingerprint density at radius 2 is 2.36 bits per heavy atom. The zero-order chi connectivity index (χ0) is 10.1. The number of aryl methyl sites for hydroxylation is 1. The molecule has 74 valence electrons. The van der Waals surface area contributed by atoms with Crippen molar-refractivity contribution in [3.63, 3.8) is 0 Å². The van der Waals surface area contributed by atoms with Crippen LogP contribution in [0, 0.1) is 6.92 Å². The van der Waals surface area contributed by atoms with Gasteiger partial charge in [-0.25, -0.2) is 0 Å². The lowest BCUT2D eigenvalue weighted by molar-refractivity contribution is 0.224. The Morgan fingerprint density at radius 1 is 1.57 bits per heavy atom. The van der Waals surface area contributed by atoms with Crippen LogP contribution in [-0.2, 0) is 0 Å². The predicted molar refractivity (Wildman–Crippen MR) is 58.0 cm³/mol. The molecule has 0 bridgehead atoms. The van der Waals surface area contributed by atoms with Crippen LogP contribution in [0.25, 0.3) is 0 Å². The summed E-state index contributed by atoms with van der Waals surface area (Å²) in [5.41, 5.74) is 1.48. The van der Waals surface area contributed by atoms with E-state index in [-0.39, 0.29) is 0 Å². The number of thiophene rings is 1. The summed E-state index contributed by atoms with van der Waals surface area (Å²) in [5.74, 6) is 0. The Morgan fingerprint density at radius 3 is 2.86 bits per heavy atom. The monoisotopic (exact) mass is 246 g/mol. The lowest BCUT2D eigenvalue weighted by Gasteiger charge is -2.06. The molecule has 1 atom stereocenters. The summed E-state index contributed by atoms with van der Waals surface area (Å²) >= 11 is 8.53. The molecular formula is C8H7ClN2OS2. The quantitative estimate of drug-likeness (QED) is 0.886. The van der Waals surface area contributed by atoms with Gasteiger partial charge in [0.2, 0.25) is 0 Å². The van der Waals surface area contributed by atoms with E-state index in [2.05, 4.69) is 9.59 Å². The van der Waals surface area contributed by atoms with Gasteiger partial charge in [-0.3, -0.25) is 0 Å². The average molecular weight is 247 g/mol. The summed E-state index contributed by atoms with van der Waals surface area (Å²) in [6, 6.07) is 1.82. The molecule has 2 heterocycles. The van der Waals surface area contributed by atoms with Crippen LogP contribution in [0.1, 0.15) is 22.2 Å². The summed E-state index contributed by atoms with van der Waals surface area (Å²) in [7, 11) is 0. The lowest BCUT2D eigenvalue weighted by atomic mass is 10.1. The van der Waals surface area contributed by atoms with E-state index in [0.29, 0.717) is 4.34 Å². The highest BCUT2D eigenvalue weighted by Crippen LogP contribution is 2.34. The number of aliphatic hydroxyl groups is 1. The molecule has 2 aromatic heterocycles. The Balaban J connectivity index is 2.38. The van der Waals surface area contributed by atoms with E-state index in [1.807, 2.05) is 18.4 Å². The second-order valence-corrected chi connectivity index (χ2v) is 5.08. The first-order valence-electron chi connectivity index (χ1n) is 3.90. The Bertz CT molecular complexity index is 400. The van der Waals surface area contributed by atoms with E-state index in [9.17, 15) is 5.11 Å². The van der Waals surface area contributed by atoms with Crippen LogP contribution < -0.4 is 0 Å². The van der Waals surface area contributed by atoms with Gasteiger partial charge in [0.1, 0.15) is 6.10 Å². The SMILES string of the molecule is Cc1nnsc1C(O)c1ccsc1Cl. The third kappa shape index (κ3) is 1.68. The Labute approximate surface area is 94.1 Å². The fourth-order valence-corrected chi connectivity index (χ4v) is 2.75. The van der Waals surface area contributed by atoms with Gasteiger partial charge in [-0.2, -0.15) is 0 Å². The molecule has 2 rings (SSSR count). The summed E-state index contributed by atoms with van der Waals surface area (Å²) in [6.07, 6.45) is -0.700. The van der Waals surface area contributed by atoms with Crippen molar-refractivity contribution in [3.05, 3.63) is 31.9 Å². The molecule has 0 aromatic carbocycles. The summed E-state index contributed by atoms with van der Waals surface area (Å²) < 4.78 is 4.39. The first kappa shape index (κ1) is 10.0. The molecule has 0 amide bonds. The van der Waals surface area contributed by atoms with Crippen molar-refractivity contribution in [1.82, 2.24) is 9.59 Å². The molecule has 0 spiro atoms. The van der Waals surface area contributed by atoms with Crippen LogP contribution in [0.15, 0.2) is 11.4 Å². The van der Waals surface area contributed by atoms with Gasteiger partial charge < -0.3 is 5.11 Å². The standard InChI is InChI=1S/C8H7ClN2OS2/c1-4-7(14-11-10-4)6(12)5-2-3-13-8(5)9/h2-3,6,12H,1H3. The summed E-state index contributed by atoms with van der Waals surface area (Å²) in [6.45, 7) is 1.82. The van der Waals surface area contributed by atoms with Crippen LogP contribution in [0.5, 0.6) is 0 Å². The van der Waals surface area contributed by atoms with Gasteiger partial charge in [0.05, 0.1) is 14.9 Å². The molecule has 0 aliphatic heterocycles. The average Bonchev–Trinajstić information content (AvgIpc) is 2.73. The number of rotatable bonds is 2. The van der Waals surface area contributed by atoms with Gasteiger partial charge in [-0.15, -0.1) is 16.4 Å². The van der Waals surface area contributed by atoms with Crippen LogP contribution >= 0.6 is 34.5 Å². The first-order chi connectivity index (χ1) is 6.70. The maximum absolute atomic E-state index is 9.98. The zero-order valence-corrected chi connectivity index (χ0v) is 9.66. The fourth-order valence-electron chi connectivity index (χ4n) is 1.13. The molecule has 3 nitrogen and oxygen atoms in total. The molecule has 0 radical (unpaired) electrons. The first-order valence-corrected chi connectivity index (χ1v) is 5.93. The molecule has 0 aliphatic rings. The smallest absolute Gasteiger partial charge is 0.119 e. The number of nitrogens with zero attached hydrogens (tertiary/aromatic N) is 2. The van der Waals surface area contributed by atoms with E-state index in [1.165, 1.54) is 22.9 Å². The van der Waals surface area contributed by atoms with Gasteiger partial charge in [0.15, 0.2) is 0 Å². The van der Waals surface area contributed by atoms with E-state index < -0.39 is 6.10 Å². The molecule has 2 aromatic rings. The second kappa shape index (κ2) is 3.94. The molecule has 0 fully saturated rings. The van der Waals surface area contributed by atoms with Crippen molar-refractivity contribution in [2.45, 2.75) is 13.0 Å². The number of hydrogen-bond acceptors (Lipinski definition) is 5. The molecule has 1 N–H and O–H groups in total. The van der Waals surface area contributed by atoms with Crippen molar-refractivity contribution in [2.75, 3.05) is 0 Å². The Hall–Kier alpha value is -0.490. The lowest BCUT2D eigenvalue weighted by Crippen LogP contribution is -1.97. The van der Waals surface area contributed by atoms with Crippen molar-refractivity contribution in [1.29, 1.82) is 0 Å². The molecule has 1 unspecified atom stereocenters. The summed E-state index contributed by atoms with van der Waals surface area (Å²) in [5, 5.41) is 15.7. The van der Waals surface area contributed by atoms with Crippen LogP contribution in [0.4, 0.5) is 0 Å². The maximum atomic E-state index is 9.98. The van der Waals surface area contributed by atoms with Crippen molar-refractivity contribution in [2.24, 2.45) is 0 Å². The number of hydrogen-bond donors (Lipinski definition) is 1. The van der Waals surface area contributed by atoms with Crippen LogP contribution in [0.3, 0.4) is 0 Å². The van der Waals surface area contributed by atoms with E-state index in [4.69, 9.17) is 11.6 Å². The molecule has 0 saturated carbocycles. The molecule has 0 saturated heterocycles. The predicted octanol–water partition coefficient (Wildman–Crippen LogP) is 2.64. The molecule has 6 heteroatoms. The number of aromatic nitrogens is 2. The normalized spacial score (nSPS) is 13.1. The van der Waals surface area contributed by atoms with Crippen molar-refractivity contribution >= 4 is 34.5 Å². The van der Waals surface area contributed by atoms with Crippen molar-refractivity contribution in [3.8, 4) is 0 Å². The highest BCUT2D eigenvalue weighted by atomic mass is 35.5. The van der Waals surface area contributed by atoms with Gasteiger partial charge in [0, 0.05) is 5.56 Å². The maximum Gasteiger partial charge on any atom is 0.119 e. The molecule has 14 heavy (non-hydrogen) atoms.